The minimum atomic E-state index is -0.120. The average Bonchev–Trinajstić information content (AvgIpc) is 2.26. The van der Waals surface area contributed by atoms with Gasteiger partial charge in [0.2, 0.25) is 0 Å². The molecular formula is C15H22O2. The quantitative estimate of drug-likeness (QED) is 0.808. The molecule has 0 amide bonds. The van der Waals surface area contributed by atoms with Gasteiger partial charge in [0, 0.05) is 5.56 Å². The van der Waals surface area contributed by atoms with E-state index in [1.165, 1.54) is 22.3 Å². The van der Waals surface area contributed by atoms with E-state index >= 15 is 0 Å². The fourth-order valence-electron chi connectivity index (χ4n) is 2.62. The minimum Gasteiger partial charge on any atom is -0.487 e. The molecule has 1 N–H and O–H groups in total. The molecule has 94 valence electrons. The lowest BCUT2D eigenvalue weighted by Gasteiger charge is -2.35. The number of ether oxygens (including phenoxy) is 1. The van der Waals surface area contributed by atoms with Crippen molar-refractivity contribution in [2.45, 2.75) is 59.7 Å². The molecule has 0 unspecified atom stereocenters. The maximum absolute atomic E-state index is 9.58. The maximum atomic E-state index is 9.58. The van der Waals surface area contributed by atoms with Crippen LogP contribution in [-0.2, 0) is 13.0 Å². The van der Waals surface area contributed by atoms with E-state index in [0.29, 0.717) is 0 Å². The summed E-state index contributed by atoms with van der Waals surface area (Å²) in [7, 11) is 0. The van der Waals surface area contributed by atoms with Crippen LogP contribution in [0.3, 0.4) is 0 Å². The fraction of sp³-hybridized carbons (Fsp3) is 0.600. The van der Waals surface area contributed by atoms with Crippen LogP contribution in [0.4, 0.5) is 0 Å². The Labute approximate surface area is 104 Å². The lowest BCUT2D eigenvalue weighted by Crippen LogP contribution is -2.34. The van der Waals surface area contributed by atoms with Crippen LogP contribution in [0.1, 0.15) is 48.1 Å². The Morgan fingerprint density at radius 1 is 1.12 bits per heavy atom. The van der Waals surface area contributed by atoms with Crippen LogP contribution < -0.4 is 4.74 Å². The number of hydrogen-bond acceptors (Lipinski definition) is 2. The summed E-state index contributed by atoms with van der Waals surface area (Å²) >= 11 is 0. The van der Waals surface area contributed by atoms with Gasteiger partial charge < -0.3 is 9.84 Å². The van der Waals surface area contributed by atoms with Crippen LogP contribution in [0.2, 0.25) is 0 Å². The first kappa shape index (κ1) is 12.4. The van der Waals surface area contributed by atoms with Crippen LogP contribution in [0, 0.1) is 20.8 Å². The average molecular weight is 234 g/mol. The van der Waals surface area contributed by atoms with Crippen molar-refractivity contribution in [3.63, 3.8) is 0 Å². The number of fused-ring (bicyclic) bond motifs is 1. The Kier molecular flexibility index (Phi) is 2.94. The summed E-state index contributed by atoms with van der Waals surface area (Å²) in [5, 5.41) is 9.58. The molecule has 1 aliphatic heterocycles. The highest BCUT2D eigenvalue weighted by Crippen LogP contribution is 2.40. The van der Waals surface area contributed by atoms with Gasteiger partial charge in [0.05, 0.1) is 6.61 Å². The smallest absolute Gasteiger partial charge is 0.129 e. The number of aliphatic hydroxyl groups is 1. The first-order chi connectivity index (χ1) is 7.87. The molecule has 2 nitrogen and oxygen atoms in total. The van der Waals surface area contributed by atoms with Crippen molar-refractivity contribution in [1.29, 1.82) is 0 Å². The topological polar surface area (TPSA) is 29.5 Å². The summed E-state index contributed by atoms with van der Waals surface area (Å²) in [4.78, 5) is 0. The molecule has 0 fully saturated rings. The third-order valence-electron chi connectivity index (χ3n) is 4.09. The number of benzene rings is 1. The van der Waals surface area contributed by atoms with Gasteiger partial charge in [-0.05, 0) is 69.7 Å². The van der Waals surface area contributed by atoms with E-state index in [1.807, 2.05) is 0 Å². The van der Waals surface area contributed by atoms with Gasteiger partial charge in [-0.1, -0.05) is 0 Å². The van der Waals surface area contributed by atoms with Gasteiger partial charge >= 0.3 is 0 Å². The molecule has 1 aromatic rings. The largest absolute Gasteiger partial charge is 0.487 e. The zero-order chi connectivity index (χ0) is 12.8. The van der Waals surface area contributed by atoms with Crippen LogP contribution in [0.15, 0.2) is 0 Å². The summed E-state index contributed by atoms with van der Waals surface area (Å²) < 4.78 is 6.10. The van der Waals surface area contributed by atoms with Gasteiger partial charge in [-0.2, -0.15) is 0 Å². The molecule has 17 heavy (non-hydrogen) atoms. The second-order valence-electron chi connectivity index (χ2n) is 5.68. The predicted octanol–water partition coefficient (Wildman–Crippen LogP) is 3.21. The number of rotatable bonds is 1. The molecule has 0 radical (unpaired) electrons. The van der Waals surface area contributed by atoms with Crippen LogP contribution >= 0.6 is 0 Å². The monoisotopic (exact) mass is 234 g/mol. The fourth-order valence-corrected chi connectivity index (χ4v) is 2.62. The summed E-state index contributed by atoms with van der Waals surface area (Å²) in [5.74, 6) is 0.935. The van der Waals surface area contributed by atoms with E-state index in [1.54, 1.807) is 0 Å². The number of aliphatic hydroxyl groups excluding tert-OH is 1. The summed E-state index contributed by atoms with van der Waals surface area (Å²) in [5.41, 5.74) is 5.92. The summed E-state index contributed by atoms with van der Waals surface area (Å²) in [6, 6.07) is 0. The summed E-state index contributed by atoms with van der Waals surface area (Å²) in [6.07, 6.45) is 2.08. The van der Waals surface area contributed by atoms with Crippen molar-refractivity contribution in [3.05, 3.63) is 27.8 Å². The second-order valence-corrected chi connectivity index (χ2v) is 5.68. The van der Waals surface area contributed by atoms with Gasteiger partial charge in [-0.25, -0.2) is 0 Å². The molecular weight excluding hydrogens is 212 g/mol. The molecule has 0 bridgehead atoms. The van der Waals surface area contributed by atoms with Crippen molar-refractivity contribution in [2.75, 3.05) is 0 Å². The van der Waals surface area contributed by atoms with Gasteiger partial charge in [0.25, 0.3) is 0 Å². The molecule has 1 aliphatic rings. The molecule has 0 spiro atoms. The van der Waals surface area contributed by atoms with E-state index in [2.05, 4.69) is 34.6 Å². The second kappa shape index (κ2) is 4.02. The van der Waals surface area contributed by atoms with E-state index < -0.39 is 0 Å². The van der Waals surface area contributed by atoms with Gasteiger partial charge in [0.1, 0.15) is 11.4 Å². The SMILES string of the molecule is Cc1c(C)c(CO)c2c(c1C)CCC(C)(C)O2. The predicted molar refractivity (Wildman–Crippen MR) is 69.6 cm³/mol. The Hall–Kier alpha value is -1.02. The summed E-state index contributed by atoms with van der Waals surface area (Å²) in [6.45, 7) is 10.6. The van der Waals surface area contributed by atoms with E-state index in [0.717, 1.165) is 24.2 Å². The molecule has 0 aliphatic carbocycles. The van der Waals surface area contributed by atoms with E-state index in [-0.39, 0.29) is 12.2 Å². The molecule has 0 saturated carbocycles. The third-order valence-corrected chi connectivity index (χ3v) is 4.09. The lowest BCUT2D eigenvalue weighted by molar-refractivity contribution is 0.0807. The van der Waals surface area contributed by atoms with E-state index in [4.69, 9.17) is 4.74 Å². The number of hydrogen-bond donors (Lipinski definition) is 1. The Morgan fingerprint density at radius 2 is 1.76 bits per heavy atom. The minimum absolute atomic E-state index is 0.0609. The zero-order valence-corrected chi connectivity index (χ0v) is 11.5. The molecule has 0 atom stereocenters. The lowest BCUT2D eigenvalue weighted by atomic mass is 9.86. The Bertz CT molecular complexity index is 435. The standard InChI is InChI=1S/C15H22O2/c1-9-10(2)12-6-7-15(4,5)17-14(12)13(8-16)11(9)3/h16H,6-8H2,1-5H3. The van der Waals surface area contributed by atoms with Crippen molar-refractivity contribution in [2.24, 2.45) is 0 Å². The molecule has 2 heteroatoms. The Balaban J connectivity index is 2.67. The van der Waals surface area contributed by atoms with Crippen molar-refractivity contribution in [3.8, 4) is 5.75 Å². The molecule has 0 aromatic heterocycles. The van der Waals surface area contributed by atoms with Crippen LogP contribution in [0.5, 0.6) is 5.75 Å². The Morgan fingerprint density at radius 3 is 2.35 bits per heavy atom. The van der Waals surface area contributed by atoms with Crippen molar-refractivity contribution < 1.29 is 9.84 Å². The highest BCUT2D eigenvalue weighted by Gasteiger charge is 2.30. The van der Waals surface area contributed by atoms with Crippen molar-refractivity contribution in [1.82, 2.24) is 0 Å². The highest BCUT2D eigenvalue weighted by atomic mass is 16.5. The van der Waals surface area contributed by atoms with Gasteiger partial charge in [-0.15, -0.1) is 0 Å². The highest BCUT2D eigenvalue weighted by molar-refractivity contribution is 5.55. The third kappa shape index (κ3) is 1.95. The molecule has 2 rings (SSSR count). The normalized spacial score (nSPS) is 17.5. The van der Waals surface area contributed by atoms with Gasteiger partial charge in [0.15, 0.2) is 0 Å². The molecule has 1 aromatic carbocycles. The maximum Gasteiger partial charge on any atom is 0.129 e. The first-order valence-corrected chi connectivity index (χ1v) is 6.29. The van der Waals surface area contributed by atoms with E-state index in [9.17, 15) is 5.11 Å². The molecule has 1 heterocycles. The first-order valence-electron chi connectivity index (χ1n) is 6.29. The van der Waals surface area contributed by atoms with Crippen molar-refractivity contribution >= 4 is 0 Å². The van der Waals surface area contributed by atoms with Gasteiger partial charge in [-0.3, -0.25) is 0 Å². The zero-order valence-electron chi connectivity index (χ0n) is 11.5. The van der Waals surface area contributed by atoms with Crippen LogP contribution in [0.25, 0.3) is 0 Å². The van der Waals surface area contributed by atoms with Crippen LogP contribution in [-0.4, -0.2) is 10.7 Å². The molecule has 0 saturated heterocycles.